The minimum absolute atomic E-state index is 0.0790. The molecule has 0 aliphatic rings. The highest BCUT2D eigenvalue weighted by atomic mass is 32.1. The Balaban J connectivity index is 1.93. The van der Waals surface area contributed by atoms with Crippen molar-refractivity contribution in [1.82, 2.24) is 10.3 Å². The summed E-state index contributed by atoms with van der Waals surface area (Å²) in [6.45, 7) is 4.09. The van der Waals surface area contributed by atoms with E-state index in [1.54, 1.807) is 11.3 Å². The normalized spacial score (nSPS) is 12.5. The highest BCUT2D eigenvalue weighted by molar-refractivity contribution is 7.09. The number of primary amides is 1. The number of aliphatic hydroxyl groups excluding tert-OH is 1. The van der Waals surface area contributed by atoms with Crippen molar-refractivity contribution in [3.63, 3.8) is 0 Å². The first-order chi connectivity index (χ1) is 10.1. The zero-order valence-corrected chi connectivity index (χ0v) is 13.0. The molecule has 7 nitrogen and oxygen atoms in total. The summed E-state index contributed by atoms with van der Waals surface area (Å²) in [5, 5.41) is 12.7. The van der Waals surface area contributed by atoms with Crippen molar-refractivity contribution < 1.29 is 19.4 Å². The summed E-state index contributed by atoms with van der Waals surface area (Å²) in [5.41, 5.74) is 7.79. The van der Waals surface area contributed by atoms with Crippen LogP contribution in [0.15, 0.2) is 5.51 Å². The molecule has 1 aromatic rings. The fraction of sp³-hybridized carbons (Fsp3) is 0.692. The summed E-state index contributed by atoms with van der Waals surface area (Å²) in [5.74, 6) is -0.486. The predicted octanol–water partition coefficient (Wildman–Crippen LogP) is -0.537. The van der Waals surface area contributed by atoms with E-state index in [1.807, 2.05) is 12.4 Å². The number of nitrogens with one attached hydrogen (secondary N) is 1. The Hall–Kier alpha value is -1.06. The molecule has 1 amide bonds. The molecule has 1 rings (SSSR count). The lowest BCUT2D eigenvalue weighted by Gasteiger charge is -2.12. The third kappa shape index (κ3) is 8.74. The summed E-state index contributed by atoms with van der Waals surface area (Å²) in [4.78, 5) is 15.8. The molecule has 1 aromatic heterocycles. The molecule has 0 fully saturated rings. The summed E-state index contributed by atoms with van der Waals surface area (Å²) in [7, 11) is 0. The molecule has 0 radical (unpaired) electrons. The molecule has 0 saturated heterocycles. The molecule has 0 spiro atoms. The van der Waals surface area contributed by atoms with Crippen molar-refractivity contribution in [1.29, 1.82) is 0 Å². The van der Waals surface area contributed by atoms with E-state index in [9.17, 15) is 9.90 Å². The number of amides is 1. The van der Waals surface area contributed by atoms with Gasteiger partial charge in [0.2, 0.25) is 5.91 Å². The van der Waals surface area contributed by atoms with Crippen molar-refractivity contribution in [3.05, 3.63) is 16.1 Å². The number of thiazole rings is 1. The quantitative estimate of drug-likeness (QED) is 0.447. The van der Waals surface area contributed by atoms with Crippen LogP contribution < -0.4 is 11.1 Å². The molecular formula is C13H23N3O4S. The monoisotopic (exact) mass is 317 g/mol. The van der Waals surface area contributed by atoms with Gasteiger partial charge >= 0.3 is 0 Å². The van der Waals surface area contributed by atoms with Gasteiger partial charge in [-0.3, -0.25) is 4.79 Å². The van der Waals surface area contributed by atoms with Gasteiger partial charge in [-0.15, -0.1) is 11.3 Å². The largest absolute Gasteiger partial charge is 0.389 e. The van der Waals surface area contributed by atoms with Crippen LogP contribution in [0.5, 0.6) is 0 Å². The average molecular weight is 317 g/mol. The minimum Gasteiger partial charge on any atom is -0.389 e. The van der Waals surface area contributed by atoms with Crippen molar-refractivity contribution in [2.24, 2.45) is 5.73 Å². The Morgan fingerprint density at radius 1 is 1.52 bits per heavy atom. The number of ether oxygens (including phenoxy) is 2. The Labute approximate surface area is 128 Å². The topological polar surface area (TPSA) is 107 Å². The summed E-state index contributed by atoms with van der Waals surface area (Å²) in [6, 6.07) is 0. The number of aryl methyl sites for hydroxylation is 1. The van der Waals surface area contributed by atoms with Crippen LogP contribution >= 0.6 is 11.3 Å². The maximum Gasteiger partial charge on any atom is 0.243 e. The Kier molecular flexibility index (Phi) is 9.11. The highest BCUT2D eigenvalue weighted by Crippen LogP contribution is 2.12. The van der Waals surface area contributed by atoms with Crippen LogP contribution in [0.1, 0.15) is 10.6 Å². The molecule has 1 atom stereocenters. The summed E-state index contributed by atoms with van der Waals surface area (Å²) >= 11 is 1.62. The Morgan fingerprint density at radius 3 is 3.00 bits per heavy atom. The molecule has 21 heavy (non-hydrogen) atoms. The fourth-order valence-corrected chi connectivity index (χ4v) is 2.36. The van der Waals surface area contributed by atoms with Gasteiger partial charge in [-0.1, -0.05) is 0 Å². The first kappa shape index (κ1) is 18.0. The lowest BCUT2D eigenvalue weighted by atomic mass is 10.3. The van der Waals surface area contributed by atoms with E-state index in [-0.39, 0.29) is 13.2 Å². The SMILES string of the molecule is Cc1ncsc1CCOCC(O)CNCCOCC(N)=O. The molecular weight excluding hydrogens is 294 g/mol. The van der Waals surface area contributed by atoms with Gasteiger partial charge in [0.05, 0.1) is 37.1 Å². The highest BCUT2D eigenvalue weighted by Gasteiger charge is 2.05. The van der Waals surface area contributed by atoms with Crippen LogP contribution in [0.4, 0.5) is 0 Å². The second-order valence-electron chi connectivity index (χ2n) is 4.56. The molecule has 1 unspecified atom stereocenters. The molecule has 0 bridgehead atoms. The van der Waals surface area contributed by atoms with Crippen molar-refractivity contribution in [3.8, 4) is 0 Å². The minimum atomic E-state index is -0.566. The number of aliphatic hydroxyl groups is 1. The maximum absolute atomic E-state index is 10.4. The van der Waals surface area contributed by atoms with Crippen molar-refractivity contribution in [2.45, 2.75) is 19.4 Å². The van der Waals surface area contributed by atoms with Gasteiger partial charge in [-0.05, 0) is 6.92 Å². The van der Waals surface area contributed by atoms with Gasteiger partial charge in [-0.2, -0.15) is 0 Å². The van der Waals surface area contributed by atoms with Crippen LogP contribution in [0.25, 0.3) is 0 Å². The zero-order chi connectivity index (χ0) is 15.5. The van der Waals surface area contributed by atoms with E-state index < -0.39 is 12.0 Å². The van der Waals surface area contributed by atoms with Gasteiger partial charge < -0.3 is 25.6 Å². The number of aromatic nitrogens is 1. The van der Waals surface area contributed by atoms with Gasteiger partial charge in [0.25, 0.3) is 0 Å². The smallest absolute Gasteiger partial charge is 0.243 e. The number of nitrogens with two attached hydrogens (primary N) is 1. The van der Waals surface area contributed by atoms with Crippen LogP contribution in [0.2, 0.25) is 0 Å². The van der Waals surface area contributed by atoms with Crippen LogP contribution in [0.3, 0.4) is 0 Å². The second kappa shape index (κ2) is 10.6. The lowest BCUT2D eigenvalue weighted by molar-refractivity contribution is -0.122. The van der Waals surface area contributed by atoms with Gasteiger partial charge in [-0.25, -0.2) is 4.98 Å². The number of hydrogen-bond donors (Lipinski definition) is 3. The number of carbonyl (C=O) groups excluding carboxylic acids is 1. The average Bonchev–Trinajstić information content (AvgIpc) is 2.84. The molecule has 4 N–H and O–H groups in total. The summed E-state index contributed by atoms with van der Waals surface area (Å²) in [6.07, 6.45) is 0.251. The third-order valence-electron chi connectivity index (χ3n) is 2.68. The first-order valence-corrected chi connectivity index (χ1v) is 7.69. The molecule has 120 valence electrons. The number of carbonyl (C=O) groups is 1. The van der Waals surface area contributed by atoms with Crippen LogP contribution in [-0.2, 0) is 20.7 Å². The molecule has 0 aromatic carbocycles. The third-order valence-corrected chi connectivity index (χ3v) is 3.67. The van der Waals surface area contributed by atoms with Gasteiger partial charge in [0.1, 0.15) is 6.61 Å². The van der Waals surface area contributed by atoms with Gasteiger partial charge in [0, 0.05) is 24.4 Å². The van der Waals surface area contributed by atoms with E-state index in [0.717, 1.165) is 12.1 Å². The van der Waals surface area contributed by atoms with E-state index in [0.29, 0.717) is 26.3 Å². The molecule has 8 heteroatoms. The Bertz CT molecular complexity index is 414. The van der Waals surface area contributed by atoms with Crippen molar-refractivity contribution >= 4 is 17.2 Å². The summed E-state index contributed by atoms with van der Waals surface area (Å²) < 4.78 is 10.4. The van der Waals surface area contributed by atoms with E-state index in [1.165, 1.54) is 4.88 Å². The van der Waals surface area contributed by atoms with Crippen molar-refractivity contribution in [2.75, 3.05) is 39.5 Å². The predicted molar refractivity (Wildman–Crippen MR) is 80.3 cm³/mol. The zero-order valence-electron chi connectivity index (χ0n) is 12.2. The molecule has 0 saturated carbocycles. The molecule has 1 heterocycles. The van der Waals surface area contributed by atoms with Gasteiger partial charge in [0.15, 0.2) is 0 Å². The van der Waals surface area contributed by atoms with E-state index in [2.05, 4.69) is 10.3 Å². The van der Waals surface area contributed by atoms with Crippen LogP contribution in [-0.4, -0.2) is 61.6 Å². The Morgan fingerprint density at radius 2 is 2.33 bits per heavy atom. The number of rotatable bonds is 12. The standard InChI is InChI=1S/C13H23N3O4S/c1-10-12(21-9-16-10)2-4-19-7-11(17)6-15-3-5-20-8-13(14)18/h9,11,15,17H,2-8H2,1H3,(H2,14,18). The molecule has 0 aliphatic heterocycles. The fourth-order valence-electron chi connectivity index (χ4n) is 1.60. The number of nitrogens with zero attached hydrogens (tertiary/aromatic N) is 1. The lowest BCUT2D eigenvalue weighted by Crippen LogP contribution is -2.33. The van der Waals surface area contributed by atoms with E-state index in [4.69, 9.17) is 15.2 Å². The first-order valence-electron chi connectivity index (χ1n) is 6.81. The maximum atomic E-state index is 10.4. The second-order valence-corrected chi connectivity index (χ2v) is 5.50. The number of hydrogen-bond acceptors (Lipinski definition) is 7. The molecule has 0 aliphatic carbocycles. The van der Waals surface area contributed by atoms with Crippen LogP contribution in [0, 0.1) is 6.92 Å². The van der Waals surface area contributed by atoms with E-state index >= 15 is 0 Å².